The Balaban J connectivity index is 1.56. The molecule has 1 fully saturated rings. The van der Waals surface area contributed by atoms with Crippen molar-refractivity contribution >= 4 is 28.6 Å². The lowest BCUT2D eigenvalue weighted by molar-refractivity contribution is -0.150. The minimum Gasteiger partial charge on any atom is -0.508 e. The summed E-state index contributed by atoms with van der Waals surface area (Å²) in [5, 5.41) is 21.2. The molecule has 2 aliphatic rings. The number of hydrogen-bond donors (Lipinski definition) is 3. The molecule has 2 aromatic rings. The van der Waals surface area contributed by atoms with Gasteiger partial charge in [-0.1, -0.05) is 30.3 Å². The highest BCUT2D eigenvalue weighted by Gasteiger charge is 2.57. The van der Waals surface area contributed by atoms with Gasteiger partial charge in [0.05, 0.1) is 17.2 Å². The molecule has 3 atom stereocenters. The largest absolute Gasteiger partial charge is 0.508 e. The van der Waals surface area contributed by atoms with Crippen LogP contribution in [0.5, 0.6) is 5.75 Å². The maximum atomic E-state index is 13.6. The van der Waals surface area contributed by atoms with E-state index < -0.39 is 45.8 Å². The maximum absolute atomic E-state index is 13.6. The normalized spacial score (nSPS) is 22.2. The van der Waals surface area contributed by atoms with Crippen molar-refractivity contribution in [2.45, 2.75) is 24.3 Å². The number of carbonyl (C=O) groups is 3. The summed E-state index contributed by atoms with van der Waals surface area (Å²) in [7, 11) is -1.70. The first kappa shape index (κ1) is 21.7. The third kappa shape index (κ3) is 4.01. The molecule has 0 radical (unpaired) electrons. The predicted molar refractivity (Wildman–Crippen MR) is 112 cm³/mol. The van der Waals surface area contributed by atoms with Crippen LogP contribution in [0.1, 0.15) is 11.1 Å². The quantitative estimate of drug-likeness (QED) is 0.557. The molecule has 166 valence electrons. The molecule has 0 aromatic heterocycles. The number of β-lactam (4-membered cyclic amide) rings is 1. The minimum absolute atomic E-state index is 0.0235. The molecule has 4 rings (SSSR count). The Bertz CT molecular complexity index is 1170. The zero-order valence-corrected chi connectivity index (χ0v) is 17.5. The van der Waals surface area contributed by atoms with Crippen molar-refractivity contribution in [2.75, 3.05) is 5.75 Å². The summed E-state index contributed by atoms with van der Waals surface area (Å²) in [4.78, 5) is 38.0. The minimum atomic E-state index is -1.70. The van der Waals surface area contributed by atoms with Crippen LogP contribution in [-0.4, -0.2) is 54.3 Å². The number of benzene rings is 2. The van der Waals surface area contributed by atoms with Crippen LogP contribution in [0.2, 0.25) is 0 Å². The van der Waals surface area contributed by atoms with Gasteiger partial charge >= 0.3 is 5.97 Å². The van der Waals surface area contributed by atoms with E-state index in [1.54, 1.807) is 30.3 Å². The molecule has 10 heteroatoms. The molecule has 0 saturated carbocycles. The Morgan fingerprint density at radius 2 is 1.91 bits per heavy atom. The van der Waals surface area contributed by atoms with Crippen LogP contribution in [0.3, 0.4) is 0 Å². The smallest absolute Gasteiger partial charge is 0.352 e. The molecular weight excluding hydrogens is 439 g/mol. The van der Waals surface area contributed by atoms with Gasteiger partial charge in [-0.2, -0.15) is 0 Å². The predicted octanol–water partition coefficient (Wildman–Crippen LogP) is 1.07. The van der Waals surface area contributed by atoms with E-state index in [1.807, 2.05) is 0 Å². The molecule has 0 bridgehead atoms. The van der Waals surface area contributed by atoms with Crippen LogP contribution in [0.4, 0.5) is 4.39 Å². The number of carboxylic acid groups (broad SMARTS) is 1. The number of amides is 2. The average molecular weight is 458 g/mol. The van der Waals surface area contributed by atoms with Gasteiger partial charge in [0, 0.05) is 17.7 Å². The first-order chi connectivity index (χ1) is 15.3. The molecular formula is C22H19FN2O6S. The third-order valence-corrected chi connectivity index (χ3v) is 7.03. The summed E-state index contributed by atoms with van der Waals surface area (Å²) < 4.78 is 26.4. The summed E-state index contributed by atoms with van der Waals surface area (Å²) in [5.41, 5.74) is 0.642. The van der Waals surface area contributed by atoms with Crippen LogP contribution in [-0.2, 0) is 38.0 Å². The number of halogens is 1. The number of aliphatic carboxylic acids is 1. The van der Waals surface area contributed by atoms with Crippen LogP contribution in [0.15, 0.2) is 59.8 Å². The molecule has 0 spiro atoms. The topological polar surface area (TPSA) is 124 Å². The number of nitrogens with zero attached hydrogens (tertiary/aromatic N) is 1. The highest BCUT2D eigenvalue weighted by molar-refractivity contribution is 7.86. The number of hydrogen-bond acceptors (Lipinski definition) is 5. The standard InChI is InChI=1S/C22H19FN2O6S/c23-15-6-7-16(26)13(10-15)9-14-11-32(31)21-18(20(28)25(21)19(14)22(29)30)24-17(27)8-12-4-2-1-3-5-12/h1-7,10,18,21,26H,8-9,11H2,(H,24,27)(H,29,30)/t18?,21-,32?/m0/s1. The van der Waals surface area contributed by atoms with E-state index in [9.17, 15) is 33.2 Å². The molecule has 32 heavy (non-hydrogen) atoms. The Labute approximate surface area is 184 Å². The number of aromatic hydroxyl groups is 1. The summed E-state index contributed by atoms with van der Waals surface area (Å²) in [6.07, 6.45) is -0.159. The summed E-state index contributed by atoms with van der Waals surface area (Å²) in [6, 6.07) is 11.0. The van der Waals surface area contributed by atoms with Gasteiger partial charge in [-0.25, -0.2) is 9.18 Å². The average Bonchev–Trinajstić information content (AvgIpc) is 2.75. The Morgan fingerprint density at radius 3 is 2.59 bits per heavy atom. The first-order valence-electron chi connectivity index (χ1n) is 9.72. The van der Waals surface area contributed by atoms with E-state index in [4.69, 9.17) is 0 Å². The van der Waals surface area contributed by atoms with Crippen LogP contribution in [0, 0.1) is 5.82 Å². The fraction of sp³-hybridized carbons (Fsp3) is 0.227. The monoisotopic (exact) mass is 458 g/mol. The SMILES string of the molecule is O=C(Cc1ccccc1)NC1C(=O)N2C(C(=O)O)=C(Cc3cc(F)ccc3O)CS(=O)[C@@H]12. The Hall–Kier alpha value is -3.53. The number of rotatable bonds is 6. The van der Waals surface area contributed by atoms with E-state index >= 15 is 0 Å². The lowest BCUT2D eigenvalue weighted by Gasteiger charge is -2.49. The van der Waals surface area contributed by atoms with Crippen molar-refractivity contribution in [2.24, 2.45) is 0 Å². The van der Waals surface area contributed by atoms with Crippen molar-refractivity contribution in [1.29, 1.82) is 0 Å². The van der Waals surface area contributed by atoms with Gasteiger partial charge in [-0.3, -0.25) is 18.7 Å². The van der Waals surface area contributed by atoms with E-state index in [-0.39, 0.29) is 41.2 Å². The Kier molecular flexibility index (Phi) is 5.79. The summed E-state index contributed by atoms with van der Waals surface area (Å²) in [6.45, 7) is 0. The van der Waals surface area contributed by atoms with Crippen molar-refractivity contribution in [3.05, 3.63) is 76.7 Å². The third-order valence-electron chi connectivity index (χ3n) is 5.38. The van der Waals surface area contributed by atoms with Gasteiger partial charge in [-0.05, 0) is 29.3 Å². The molecule has 0 aliphatic carbocycles. The molecule has 3 N–H and O–H groups in total. The summed E-state index contributed by atoms with van der Waals surface area (Å²) in [5.74, 6) is -3.56. The van der Waals surface area contributed by atoms with Gasteiger partial charge in [0.25, 0.3) is 5.91 Å². The van der Waals surface area contributed by atoms with Crippen LogP contribution < -0.4 is 5.32 Å². The highest BCUT2D eigenvalue weighted by atomic mass is 32.2. The zero-order valence-electron chi connectivity index (χ0n) is 16.7. The molecule has 2 amide bonds. The molecule has 1 saturated heterocycles. The van der Waals surface area contributed by atoms with Gasteiger partial charge < -0.3 is 15.5 Å². The second-order valence-electron chi connectivity index (χ2n) is 7.54. The maximum Gasteiger partial charge on any atom is 0.352 e. The number of nitrogens with one attached hydrogen (secondary N) is 1. The van der Waals surface area contributed by atoms with E-state index in [0.29, 0.717) is 0 Å². The Morgan fingerprint density at radius 1 is 1.19 bits per heavy atom. The van der Waals surface area contributed by atoms with Gasteiger partial charge in [0.15, 0.2) is 0 Å². The number of phenols is 1. The fourth-order valence-electron chi connectivity index (χ4n) is 3.92. The lowest BCUT2D eigenvalue weighted by atomic mass is 9.98. The van der Waals surface area contributed by atoms with Gasteiger partial charge in [0.1, 0.15) is 28.7 Å². The zero-order chi connectivity index (χ0) is 23.0. The lowest BCUT2D eigenvalue weighted by Crippen LogP contribution is -2.73. The van der Waals surface area contributed by atoms with Crippen molar-refractivity contribution in [3.8, 4) is 5.75 Å². The molecule has 2 unspecified atom stereocenters. The van der Waals surface area contributed by atoms with Crippen molar-refractivity contribution < 1.29 is 33.2 Å². The second kappa shape index (κ2) is 8.54. The van der Waals surface area contributed by atoms with Crippen molar-refractivity contribution in [1.82, 2.24) is 10.2 Å². The highest BCUT2D eigenvalue weighted by Crippen LogP contribution is 2.36. The molecule has 2 aromatic carbocycles. The first-order valence-corrected chi connectivity index (χ1v) is 11.1. The number of carboxylic acids is 1. The second-order valence-corrected chi connectivity index (χ2v) is 9.07. The molecule has 2 heterocycles. The van der Waals surface area contributed by atoms with Gasteiger partial charge in [-0.15, -0.1) is 0 Å². The molecule has 8 nitrogen and oxygen atoms in total. The van der Waals surface area contributed by atoms with E-state index in [0.717, 1.165) is 28.7 Å². The summed E-state index contributed by atoms with van der Waals surface area (Å²) >= 11 is 0. The van der Waals surface area contributed by atoms with Gasteiger partial charge in [0.2, 0.25) is 5.91 Å². The number of carbonyl (C=O) groups excluding carboxylic acids is 2. The van der Waals surface area contributed by atoms with Crippen molar-refractivity contribution in [3.63, 3.8) is 0 Å². The van der Waals surface area contributed by atoms with Crippen LogP contribution >= 0.6 is 0 Å². The van der Waals surface area contributed by atoms with E-state index in [1.165, 1.54) is 0 Å². The number of fused-ring (bicyclic) bond motifs is 1. The fourth-order valence-corrected chi connectivity index (χ4v) is 5.61. The van der Waals surface area contributed by atoms with Crippen LogP contribution in [0.25, 0.3) is 0 Å². The molecule has 2 aliphatic heterocycles. The number of phenolic OH excluding ortho intramolecular Hbond substituents is 1. The van der Waals surface area contributed by atoms with E-state index in [2.05, 4.69) is 5.32 Å².